The summed E-state index contributed by atoms with van der Waals surface area (Å²) in [5, 5.41) is 2.93. The maximum Gasteiger partial charge on any atom is 0.254 e. The maximum atomic E-state index is 13.8. The van der Waals surface area contributed by atoms with E-state index < -0.39 is 11.7 Å². The highest BCUT2D eigenvalue weighted by molar-refractivity contribution is 5.95. The lowest BCUT2D eigenvalue weighted by Gasteiger charge is -2.26. The van der Waals surface area contributed by atoms with E-state index in [0.29, 0.717) is 5.69 Å². The maximum absolute atomic E-state index is 13.8. The molecule has 0 radical (unpaired) electrons. The molecule has 0 heterocycles. The molecule has 0 spiro atoms. The van der Waals surface area contributed by atoms with E-state index in [0.717, 1.165) is 24.8 Å². The SMILES string of the molecule is Nc1ccc(C(=O)NC2CCCc3ccccc32)c(F)c1. The van der Waals surface area contributed by atoms with Gasteiger partial charge in [0, 0.05) is 5.69 Å². The van der Waals surface area contributed by atoms with Crippen LogP contribution >= 0.6 is 0 Å². The van der Waals surface area contributed by atoms with Gasteiger partial charge in [0.2, 0.25) is 0 Å². The van der Waals surface area contributed by atoms with E-state index >= 15 is 0 Å². The number of fused-ring (bicyclic) bond motifs is 1. The Morgan fingerprint density at radius 1 is 1.24 bits per heavy atom. The summed E-state index contributed by atoms with van der Waals surface area (Å²) in [5.41, 5.74) is 8.24. The summed E-state index contributed by atoms with van der Waals surface area (Å²) in [6.07, 6.45) is 2.92. The van der Waals surface area contributed by atoms with Crippen molar-refractivity contribution in [2.24, 2.45) is 0 Å². The number of carbonyl (C=O) groups excluding carboxylic acids is 1. The molecule has 1 amide bonds. The third-order valence-corrected chi connectivity index (χ3v) is 3.91. The van der Waals surface area contributed by atoms with Crippen LogP contribution in [0.4, 0.5) is 10.1 Å². The van der Waals surface area contributed by atoms with Crippen LogP contribution in [0.2, 0.25) is 0 Å². The Balaban J connectivity index is 1.83. The fourth-order valence-electron chi connectivity index (χ4n) is 2.86. The van der Waals surface area contributed by atoms with E-state index in [2.05, 4.69) is 11.4 Å². The van der Waals surface area contributed by atoms with Crippen molar-refractivity contribution >= 4 is 11.6 Å². The number of halogens is 1. The summed E-state index contributed by atoms with van der Waals surface area (Å²) < 4.78 is 13.8. The molecule has 1 aliphatic carbocycles. The van der Waals surface area contributed by atoms with Crippen LogP contribution in [0.15, 0.2) is 42.5 Å². The number of rotatable bonds is 2. The monoisotopic (exact) mass is 284 g/mol. The Kier molecular flexibility index (Phi) is 3.60. The number of anilines is 1. The quantitative estimate of drug-likeness (QED) is 0.832. The molecular formula is C17H17FN2O. The van der Waals surface area contributed by atoms with Crippen LogP contribution in [0.1, 0.15) is 40.4 Å². The van der Waals surface area contributed by atoms with Gasteiger partial charge in [0.15, 0.2) is 0 Å². The van der Waals surface area contributed by atoms with Crippen LogP contribution < -0.4 is 11.1 Å². The summed E-state index contributed by atoms with van der Waals surface area (Å²) in [5.74, 6) is -0.981. The Hall–Kier alpha value is -2.36. The van der Waals surface area contributed by atoms with Gasteiger partial charge < -0.3 is 11.1 Å². The molecule has 2 aromatic carbocycles. The molecule has 1 atom stereocenters. The van der Waals surface area contributed by atoms with Gasteiger partial charge in [0.05, 0.1) is 11.6 Å². The van der Waals surface area contributed by atoms with E-state index in [9.17, 15) is 9.18 Å². The number of aryl methyl sites for hydroxylation is 1. The summed E-state index contributed by atoms with van der Waals surface area (Å²) in [4.78, 5) is 12.3. The summed E-state index contributed by atoms with van der Waals surface area (Å²) >= 11 is 0. The topological polar surface area (TPSA) is 55.1 Å². The van der Waals surface area contributed by atoms with E-state index in [1.54, 1.807) is 0 Å². The molecule has 0 bridgehead atoms. The van der Waals surface area contributed by atoms with Gasteiger partial charge >= 0.3 is 0 Å². The first-order valence-electron chi connectivity index (χ1n) is 7.09. The van der Waals surface area contributed by atoms with Crippen LogP contribution in [0, 0.1) is 5.82 Å². The van der Waals surface area contributed by atoms with Gasteiger partial charge in [-0.3, -0.25) is 4.79 Å². The molecule has 4 heteroatoms. The van der Waals surface area contributed by atoms with Crippen LogP contribution in [-0.2, 0) is 6.42 Å². The van der Waals surface area contributed by atoms with Gasteiger partial charge in [-0.25, -0.2) is 4.39 Å². The highest BCUT2D eigenvalue weighted by Gasteiger charge is 2.22. The minimum absolute atomic E-state index is 0.0345. The first-order chi connectivity index (χ1) is 10.1. The van der Waals surface area contributed by atoms with Crippen molar-refractivity contribution in [3.05, 3.63) is 65.0 Å². The number of hydrogen-bond acceptors (Lipinski definition) is 2. The van der Waals surface area contributed by atoms with Crippen molar-refractivity contribution in [1.29, 1.82) is 0 Å². The highest BCUT2D eigenvalue weighted by atomic mass is 19.1. The van der Waals surface area contributed by atoms with Crippen molar-refractivity contribution in [2.75, 3.05) is 5.73 Å². The van der Waals surface area contributed by atoms with E-state index in [1.165, 1.54) is 23.8 Å². The predicted octanol–water partition coefficient (Wildman–Crippen LogP) is 3.22. The fraction of sp³-hybridized carbons (Fsp3) is 0.235. The van der Waals surface area contributed by atoms with Crippen LogP contribution in [0.25, 0.3) is 0 Å². The van der Waals surface area contributed by atoms with Crippen molar-refractivity contribution < 1.29 is 9.18 Å². The molecule has 0 saturated carbocycles. The second kappa shape index (κ2) is 5.56. The minimum atomic E-state index is -0.586. The van der Waals surface area contributed by atoms with Gasteiger partial charge in [0.25, 0.3) is 5.91 Å². The number of carbonyl (C=O) groups is 1. The zero-order valence-corrected chi connectivity index (χ0v) is 11.6. The number of nitrogens with two attached hydrogens (primary N) is 1. The molecule has 108 valence electrons. The van der Waals surface area contributed by atoms with Crippen molar-refractivity contribution in [2.45, 2.75) is 25.3 Å². The molecule has 2 aromatic rings. The molecule has 3 N–H and O–H groups in total. The highest BCUT2D eigenvalue weighted by Crippen LogP contribution is 2.29. The Morgan fingerprint density at radius 2 is 2.05 bits per heavy atom. The van der Waals surface area contributed by atoms with Crippen molar-refractivity contribution in [3.8, 4) is 0 Å². The Bertz CT molecular complexity index is 684. The van der Waals surface area contributed by atoms with Gasteiger partial charge in [0.1, 0.15) is 5.82 Å². The number of hydrogen-bond donors (Lipinski definition) is 2. The normalized spacial score (nSPS) is 17.1. The van der Waals surface area contributed by atoms with E-state index in [4.69, 9.17) is 5.73 Å². The number of amides is 1. The molecule has 0 saturated heterocycles. The molecule has 3 nitrogen and oxygen atoms in total. The summed E-state index contributed by atoms with van der Waals surface area (Å²) in [7, 11) is 0. The largest absolute Gasteiger partial charge is 0.399 e. The summed E-state index contributed by atoms with van der Waals surface area (Å²) in [6.45, 7) is 0. The first kappa shape index (κ1) is 13.6. The number of nitrogens with one attached hydrogen (secondary N) is 1. The zero-order chi connectivity index (χ0) is 14.8. The molecule has 1 unspecified atom stereocenters. The zero-order valence-electron chi connectivity index (χ0n) is 11.6. The number of benzene rings is 2. The van der Waals surface area contributed by atoms with Crippen LogP contribution in [0.5, 0.6) is 0 Å². The number of nitrogen functional groups attached to an aromatic ring is 1. The average Bonchev–Trinajstić information content (AvgIpc) is 2.47. The molecule has 3 rings (SSSR count). The van der Waals surface area contributed by atoms with Gasteiger partial charge in [-0.05, 0) is 48.6 Å². The molecule has 0 fully saturated rings. The lowest BCUT2D eigenvalue weighted by Crippen LogP contribution is -2.31. The van der Waals surface area contributed by atoms with Crippen molar-refractivity contribution in [3.63, 3.8) is 0 Å². The van der Waals surface area contributed by atoms with Crippen LogP contribution in [-0.4, -0.2) is 5.91 Å². The third kappa shape index (κ3) is 2.75. The molecule has 1 aliphatic rings. The Morgan fingerprint density at radius 3 is 2.86 bits per heavy atom. The van der Waals surface area contributed by atoms with Gasteiger partial charge in [-0.1, -0.05) is 24.3 Å². The lowest BCUT2D eigenvalue weighted by molar-refractivity contribution is 0.0928. The molecular weight excluding hydrogens is 267 g/mol. The first-order valence-corrected chi connectivity index (χ1v) is 7.09. The molecule has 0 aliphatic heterocycles. The predicted molar refractivity (Wildman–Crippen MR) is 80.4 cm³/mol. The second-order valence-electron chi connectivity index (χ2n) is 5.36. The smallest absolute Gasteiger partial charge is 0.254 e. The van der Waals surface area contributed by atoms with E-state index in [1.807, 2.05) is 18.2 Å². The van der Waals surface area contributed by atoms with E-state index in [-0.39, 0.29) is 11.6 Å². The lowest BCUT2D eigenvalue weighted by atomic mass is 9.87. The average molecular weight is 284 g/mol. The third-order valence-electron chi connectivity index (χ3n) is 3.91. The second-order valence-corrected chi connectivity index (χ2v) is 5.36. The minimum Gasteiger partial charge on any atom is -0.399 e. The van der Waals surface area contributed by atoms with Crippen LogP contribution in [0.3, 0.4) is 0 Å². The fourth-order valence-corrected chi connectivity index (χ4v) is 2.86. The Labute approximate surface area is 123 Å². The van der Waals surface area contributed by atoms with Gasteiger partial charge in [-0.15, -0.1) is 0 Å². The summed E-state index contributed by atoms with van der Waals surface area (Å²) in [6, 6.07) is 12.1. The standard InChI is InChI=1S/C17H17FN2O/c18-15-10-12(19)8-9-14(15)17(21)20-16-7-3-5-11-4-1-2-6-13(11)16/h1-2,4,6,8-10,16H,3,5,7,19H2,(H,20,21). The molecule has 21 heavy (non-hydrogen) atoms. The van der Waals surface area contributed by atoms with Crippen molar-refractivity contribution in [1.82, 2.24) is 5.32 Å². The molecule has 0 aromatic heterocycles. The van der Waals surface area contributed by atoms with Gasteiger partial charge in [-0.2, -0.15) is 0 Å².